The molecule has 0 aliphatic heterocycles. The highest BCUT2D eigenvalue weighted by Crippen LogP contribution is 2.47. The van der Waals surface area contributed by atoms with Crippen LogP contribution in [0.5, 0.6) is 0 Å². The van der Waals surface area contributed by atoms with Crippen LogP contribution in [-0.4, -0.2) is 0 Å². The van der Waals surface area contributed by atoms with E-state index in [0.717, 1.165) is 16.7 Å². The summed E-state index contributed by atoms with van der Waals surface area (Å²) < 4.78 is 0. The van der Waals surface area contributed by atoms with Crippen LogP contribution in [0.2, 0.25) is 0 Å². The van der Waals surface area contributed by atoms with Gasteiger partial charge in [0.15, 0.2) is 0 Å². The third-order valence-corrected chi connectivity index (χ3v) is 10.1. The van der Waals surface area contributed by atoms with E-state index in [4.69, 9.17) is 6.42 Å². The van der Waals surface area contributed by atoms with E-state index in [-0.39, 0.29) is 32.5 Å². The summed E-state index contributed by atoms with van der Waals surface area (Å²) in [6.45, 7) is 41.4. The molecule has 0 aliphatic rings. The zero-order valence-corrected chi connectivity index (χ0v) is 37.3. The van der Waals surface area contributed by atoms with Crippen LogP contribution in [0, 0.1) is 71.5 Å². The second kappa shape index (κ2) is 16.0. The maximum Gasteiger partial charge on any atom is 0.107 e. The van der Waals surface area contributed by atoms with Crippen molar-refractivity contribution in [3.8, 4) is 71.5 Å². The zero-order chi connectivity index (χ0) is 41.8. The SMILES string of the molecule is C#CC#CC#CC#CC#CC#CC(c1cc(C(C)(C)C)cc(C(C)(C)C)c1)(c1cc(C(C)(C)C)cc(C(C)(C)C)c1)c1cc(C(C)(C)C)cc(C(C)(C)C)c1. The minimum Gasteiger partial charge on any atom is -0.106 e. The van der Waals surface area contributed by atoms with Gasteiger partial charge in [-0.1, -0.05) is 185 Å². The summed E-state index contributed by atoms with van der Waals surface area (Å²) in [7, 11) is 0. The summed E-state index contributed by atoms with van der Waals surface area (Å²) in [5.41, 5.74) is 9.51. The Balaban J connectivity index is 2.83. The molecule has 0 spiro atoms. The largest absolute Gasteiger partial charge is 0.107 e. The molecular formula is C55H64. The van der Waals surface area contributed by atoms with Crippen molar-refractivity contribution in [2.45, 2.75) is 163 Å². The lowest BCUT2D eigenvalue weighted by atomic mass is 9.64. The van der Waals surface area contributed by atoms with Crippen molar-refractivity contribution in [2.75, 3.05) is 0 Å². The molecule has 0 heteroatoms. The first-order valence-corrected chi connectivity index (χ1v) is 19.5. The Morgan fingerprint density at radius 2 is 0.455 bits per heavy atom. The Kier molecular flexibility index (Phi) is 12.9. The molecular weight excluding hydrogens is 661 g/mol. The van der Waals surface area contributed by atoms with Gasteiger partial charge in [0.1, 0.15) is 5.41 Å². The molecule has 0 nitrogen and oxygen atoms in total. The smallest absolute Gasteiger partial charge is 0.106 e. The van der Waals surface area contributed by atoms with Gasteiger partial charge < -0.3 is 0 Å². The standard InChI is InChI=1S/C55H64/c1-20-21-22-23-24-25-26-27-28-29-30-55(46-34-40(49(2,3)4)31-41(35-46)50(5,6)7,47-36-42(51(8,9)10)32-43(37-47)52(11,12)13)48-38-44(53(14,15)16)33-45(39-48)54(17,18)19/h1,31-39H,2-19H3. The van der Waals surface area contributed by atoms with Crippen LogP contribution in [0.1, 0.15) is 175 Å². The van der Waals surface area contributed by atoms with Crippen molar-refractivity contribution < 1.29 is 0 Å². The van der Waals surface area contributed by atoms with Crippen LogP contribution >= 0.6 is 0 Å². The van der Waals surface area contributed by atoms with Gasteiger partial charge in [0, 0.05) is 0 Å². The van der Waals surface area contributed by atoms with Crippen molar-refractivity contribution in [1.82, 2.24) is 0 Å². The second-order valence-electron chi connectivity index (χ2n) is 21.0. The fourth-order valence-electron chi connectivity index (χ4n) is 6.23. The third kappa shape index (κ3) is 11.3. The van der Waals surface area contributed by atoms with Crippen LogP contribution in [-0.2, 0) is 37.9 Å². The number of hydrogen-bond acceptors (Lipinski definition) is 0. The van der Waals surface area contributed by atoms with Crippen molar-refractivity contribution in [2.24, 2.45) is 0 Å². The topological polar surface area (TPSA) is 0 Å². The highest BCUT2D eigenvalue weighted by molar-refractivity contribution is 5.64. The zero-order valence-electron chi connectivity index (χ0n) is 37.3. The van der Waals surface area contributed by atoms with Crippen molar-refractivity contribution >= 4 is 0 Å². The van der Waals surface area contributed by atoms with Crippen molar-refractivity contribution in [1.29, 1.82) is 0 Å². The van der Waals surface area contributed by atoms with Gasteiger partial charge in [0.2, 0.25) is 0 Å². The molecule has 284 valence electrons. The Morgan fingerprint density at radius 1 is 0.273 bits per heavy atom. The molecule has 0 bridgehead atoms. The van der Waals surface area contributed by atoms with Crippen LogP contribution in [0.4, 0.5) is 0 Å². The quantitative estimate of drug-likeness (QED) is 0.186. The van der Waals surface area contributed by atoms with Gasteiger partial charge in [0.25, 0.3) is 0 Å². The Bertz CT molecular complexity index is 2000. The maximum atomic E-state index is 5.20. The highest BCUT2D eigenvalue weighted by atomic mass is 14.4. The molecule has 0 amide bonds. The first-order valence-electron chi connectivity index (χ1n) is 19.5. The van der Waals surface area contributed by atoms with Gasteiger partial charge in [-0.05, 0) is 142 Å². The van der Waals surface area contributed by atoms with Gasteiger partial charge in [-0.15, -0.1) is 6.42 Å². The fraction of sp³-hybridized carbons (Fsp3) is 0.455. The van der Waals surface area contributed by atoms with Gasteiger partial charge in [-0.25, -0.2) is 0 Å². The van der Waals surface area contributed by atoms with Gasteiger partial charge >= 0.3 is 0 Å². The molecule has 3 rings (SSSR count). The number of terminal acetylenes is 1. The predicted molar refractivity (Wildman–Crippen MR) is 239 cm³/mol. The highest BCUT2D eigenvalue weighted by Gasteiger charge is 2.40. The Labute approximate surface area is 337 Å². The fourth-order valence-corrected chi connectivity index (χ4v) is 6.23. The average molecular weight is 725 g/mol. The first-order chi connectivity index (χ1) is 25.0. The van der Waals surface area contributed by atoms with E-state index in [1.807, 2.05) is 0 Å². The molecule has 0 aromatic heterocycles. The molecule has 0 saturated heterocycles. The average Bonchev–Trinajstić information content (AvgIpc) is 3.04. The molecule has 0 atom stereocenters. The summed E-state index contributed by atoms with van der Waals surface area (Å²) in [4.78, 5) is 0. The number of hydrogen-bond donors (Lipinski definition) is 0. The molecule has 3 aromatic rings. The summed E-state index contributed by atoms with van der Waals surface area (Å²) in [5.74, 6) is 31.5. The lowest BCUT2D eigenvalue weighted by Crippen LogP contribution is -2.32. The predicted octanol–water partition coefficient (Wildman–Crippen LogP) is 12.5. The van der Waals surface area contributed by atoms with Crippen LogP contribution in [0.15, 0.2) is 54.6 Å². The Hall–Kier alpha value is -4.98. The summed E-state index contributed by atoms with van der Waals surface area (Å²) in [5, 5.41) is 0. The number of rotatable bonds is 3. The monoisotopic (exact) mass is 725 g/mol. The van der Waals surface area contributed by atoms with Crippen LogP contribution < -0.4 is 0 Å². The Morgan fingerprint density at radius 3 is 0.655 bits per heavy atom. The molecule has 0 radical (unpaired) electrons. The van der Waals surface area contributed by atoms with Gasteiger partial charge in [-0.3, -0.25) is 0 Å². The van der Waals surface area contributed by atoms with Crippen molar-refractivity contribution in [3.63, 3.8) is 0 Å². The molecule has 0 saturated carbocycles. The maximum absolute atomic E-state index is 5.20. The van der Waals surface area contributed by atoms with E-state index in [2.05, 4.69) is 244 Å². The molecule has 3 aromatic carbocycles. The first kappa shape index (κ1) is 44.4. The molecule has 55 heavy (non-hydrogen) atoms. The molecule has 0 N–H and O–H groups in total. The van der Waals surface area contributed by atoms with Gasteiger partial charge in [-0.2, -0.15) is 0 Å². The van der Waals surface area contributed by atoms with E-state index >= 15 is 0 Å². The van der Waals surface area contributed by atoms with Gasteiger partial charge in [0.05, 0.1) is 0 Å². The molecule has 0 heterocycles. The van der Waals surface area contributed by atoms with E-state index in [1.54, 1.807) is 0 Å². The molecule has 0 fully saturated rings. The van der Waals surface area contributed by atoms with E-state index in [9.17, 15) is 0 Å². The van der Waals surface area contributed by atoms with E-state index in [0.29, 0.717) is 0 Å². The lowest BCUT2D eigenvalue weighted by molar-refractivity contribution is 0.558. The van der Waals surface area contributed by atoms with E-state index < -0.39 is 5.41 Å². The van der Waals surface area contributed by atoms with Crippen LogP contribution in [0.25, 0.3) is 0 Å². The minimum atomic E-state index is -0.906. The summed E-state index contributed by atoms with van der Waals surface area (Å²) in [6.07, 6.45) is 5.20. The van der Waals surface area contributed by atoms with Crippen LogP contribution in [0.3, 0.4) is 0 Å². The normalized spacial score (nSPS) is 12.2. The lowest BCUT2D eigenvalue weighted by Gasteiger charge is -2.38. The third-order valence-electron chi connectivity index (χ3n) is 10.1. The number of benzene rings is 3. The molecule has 0 unspecified atom stereocenters. The molecule has 0 aliphatic carbocycles. The van der Waals surface area contributed by atoms with Crippen molar-refractivity contribution in [3.05, 3.63) is 105 Å². The summed E-state index contributed by atoms with van der Waals surface area (Å²) >= 11 is 0. The second-order valence-corrected chi connectivity index (χ2v) is 21.0. The van der Waals surface area contributed by atoms with E-state index in [1.165, 1.54) is 33.4 Å². The minimum absolute atomic E-state index is 0.107. The summed E-state index contributed by atoms with van der Waals surface area (Å²) in [6, 6.07) is 21.6.